The fourth-order valence-electron chi connectivity index (χ4n) is 8.76. The maximum Gasteiger partial charge on any atom is 0.0578 e. The number of rotatable bonds is 5. The van der Waals surface area contributed by atoms with Crippen molar-refractivity contribution in [1.82, 2.24) is 10.2 Å². The van der Waals surface area contributed by atoms with Crippen molar-refractivity contribution in [2.75, 3.05) is 13.2 Å². The lowest BCUT2D eigenvalue weighted by Gasteiger charge is -2.61. The van der Waals surface area contributed by atoms with Crippen molar-refractivity contribution in [3.63, 3.8) is 0 Å². The molecule has 1 heterocycles. The van der Waals surface area contributed by atoms with E-state index >= 15 is 0 Å². The second-order valence-corrected chi connectivity index (χ2v) is 11.4. The van der Waals surface area contributed by atoms with Gasteiger partial charge in [0.2, 0.25) is 0 Å². The van der Waals surface area contributed by atoms with Crippen LogP contribution in [0.1, 0.15) is 89.5 Å². The molecule has 8 atom stereocenters. The second-order valence-electron chi connectivity index (χ2n) is 11.4. The van der Waals surface area contributed by atoms with E-state index in [-0.39, 0.29) is 0 Å². The highest BCUT2D eigenvalue weighted by atomic mass is 16.5. The molecule has 1 aromatic heterocycles. The smallest absolute Gasteiger partial charge is 0.0578 e. The largest absolute Gasteiger partial charge is 0.378 e. The fourth-order valence-corrected chi connectivity index (χ4v) is 8.76. The van der Waals surface area contributed by atoms with Gasteiger partial charge in [-0.1, -0.05) is 13.8 Å². The van der Waals surface area contributed by atoms with Crippen LogP contribution in [0.25, 0.3) is 0 Å². The molecule has 4 aliphatic carbocycles. The molecule has 30 heavy (non-hydrogen) atoms. The van der Waals surface area contributed by atoms with Crippen molar-refractivity contribution in [3.8, 4) is 0 Å². The summed E-state index contributed by atoms with van der Waals surface area (Å²) in [5.41, 5.74) is 8.08. The zero-order chi connectivity index (χ0) is 20.8. The predicted molar refractivity (Wildman–Crippen MR) is 120 cm³/mol. The van der Waals surface area contributed by atoms with Gasteiger partial charge < -0.3 is 10.5 Å². The monoisotopic (exact) mass is 411 g/mol. The Balaban J connectivity index is 1.31. The minimum absolute atomic E-state index is 0.454. The Morgan fingerprint density at radius 2 is 1.83 bits per heavy atom. The molecule has 0 unspecified atom stereocenters. The molecule has 1 aromatic rings. The van der Waals surface area contributed by atoms with E-state index in [1.165, 1.54) is 63.4 Å². The summed E-state index contributed by atoms with van der Waals surface area (Å²) in [7, 11) is 0. The van der Waals surface area contributed by atoms with Crippen LogP contribution in [-0.4, -0.2) is 29.5 Å². The number of ether oxygens (including phenoxy) is 1. The molecule has 0 bridgehead atoms. The van der Waals surface area contributed by atoms with Gasteiger partial charge in [-0.3, -0.25) is 0 Å². The summed E-state index contributed by atoms with van der Waals surface area (Å²) in [6.45, 7) is 6.87. The molecule has 4 saturated carbocycles. The summed E-state index contributed by atoms with van der Waals surface area (Å²) in [6.07, 6.45) is 17.8. The van der Waals surface area contributed by atoms with Crippen molar-refractivity contribution < 1.29 is 4.74 Å². The minimum Gasteiger partial charge on any atom is -0.378 e. The fraction of sp³-hybridized carbons (Fsp3) is 0.846. The van der Waals surface area contributed by atoms with Gasteiger partial charge in [0.1, 0.15) is 0 Å². The SMILES string of the molecule is C[C@]12CC[C@H](OCCCN)C[C@H]1CC[C@H]1[C@H]3CC[C@H](c4ccnnc4)[C@@]3(C)CC[C@@H]12. The predicted octanol–water partition coefficient (Wildman–Crippen LogP) is 5.34. The molecule has 2 N–H and O–H groups in total. The molecule has 4 heteroatoms. The molecule has 4 aliphatic rings. The van der Waals surface area contributed by atoms with Gasteiger partial charge in [-0.05, 0) is 123 Å². The van der Waals surface area contributed by atoms with Gasteiger partial charge in [-0.2, -0.15) is 10.2 Å². The van der Waals surface area contributed by atoms with E-state index in [4.69, 9.17) is 10.5 Å². The molecule has 166 valence electrons. The summed E-state index contributed by atoms with van der Waals surface area (Å²) in [6, 6.07) is 2.22. The Hall–Kier alpha value is -1.00. The lowest BCUT2D eigenvalue weighted by molar-refractivity contribution is -0.131. The number of hydrogen-bond acceptors (Lipinski definition) is 4. The average Bonchev–Trinajstić information content (AvgIpc) is 3.12. The summed E-state index contributed by atoms with van der Waals surface area (Å²) in [5, 5.41) is 8.24. The summed E-state index contributed by atoms with van der Waals surface area (Å²) in [4.78, 5) is 0. The van der Waals surface area contributed by atoms with E-state index in [1.807, 2.05) is 12.4 Å². The van der Waals surface area contributed by atoms with Gasteiger partial charge >= 0.3 is 0 Å². The first-order chi connectivity index (χ1) is 14.6. The highest BCUT2D eigenvalue weighted by Crippen LogP contribution is 2.69. The van der Waals surface area contributed by atoms with Crippen LogP contribution in [0.3, 0.4) is 0 Å². The molecule has 0 spiro atoms. The van der Waals surface area contributed by atoms with Crippen LogP contribution in [0.15, 0.2) is 18.5 Å². The third-order valence-corrected chi connectivity index (χ3v) is 10.3. The summed E-state index contributed by atoms with van der Waals surface area (Å²) in [5.74, 6) is 4.29. The van der Waals surface area contributed by atoms with Crippen LogP contribution in [-0.2, 0) is 4.74 Å². The van der Waals surface area contributed by atoms with Crippen molar-refractivity contribution in [1.29, 1.82) is 0 Å². The van der Waals surface area contributed by atoms with E-state index in [9.17, 15) is 0 Å². The van der Waals surface area contributed by atoms with Gasteiger partial charge in [0.15, 0.2) is 0 Å². The lowest BCUT2D eigenvalue weighted by atomic mass is 9.44. The second kappa shape index (κ2) is 8.16. The number of nitrogens with two attached hydrogens (primary N) is 1. The van der Waals surface area contributed by atoms with E-state index in [0.717, 1.165) is 43.2 Å². The molecule has 0 aromatic carbocycles. The lowest BCUT2D eigenvalue weighted by Crippen LogP contribution is -2.53. The van der Waals surface area contributed by atoms with Gasteiger partial charge in [0.25, 0.3) is 0 Å². The third-order valence-electron chi connectivity index (χ3n) is 10.3. The molecule has 0 aliphatic heterocycles. The number of hydrogen-bond donors (Lipinski definition) is 1. The summed E-state index contributed by atoms with van der Waals surface area (Å²) < 4.78 is 6.21. The van der Waals surface area contributed by atoms with Crippen molar-refractivity contribution in [3.05, 3.63) is 24.0 Å². The normalized spacial score (nSPS) is 45.4. The van der Waals surface area contributed by atoms with Crippen LogP contribution in [0.2, 0.25) is 0 Å². The van der Waals surface area contributed by atoms with Crippen molar-refractivity contribution in [2.45, 2.75) is 90.1 Å². The van der Waals surface area contributed by atoms with Crippen LogP contribution in [0, 0.1) is 34.5 Å². The Kier molecular flexibility index (Phi) is 5.68. The number of aromatic nitrogens is 2. The third kappa shape index (κ3) is 3.33. The van der Waals surface area contributed by atoms with Crippen LogP contribution in [0.5, 0.6) is 0 Å². The van der Waals surface area contributed by atoms with Gasteiger partial charge in [-0.25, -0.2) is 0 Å². The van der Waals surface area contributed by atoms with Crippen LogP contribution >= 0.6 is 0 Å². The molecule has 5 rings (SSSR count). The Bertz CT molecular complexity index is 726. The maximum absolute atomic E-state index is 6.21. The zero-order valence-corrected chi connectivity index (χ0v) is 19.1. The standard InChI is InChI=1S/C26H41N3O/c1-25-11-8-20(30-15-3-13-27)16-19(25)4-5-21-23-7-6-22(18-10-14-28-29-17-18)26(23,2)12-9-24(21)25/h10,14,17,19-24H,3-9,11-13,15-16,27H2,1-2H3/t19-,20+,21+,22-,23-,24+,25+,26-/m1/s1. The minimum atomic E-state index is 0.454. The van der Waals surface area contributed by atoms with Crippen molar-refractivity contribution in [2.24, 2.45) is 40.2 Å². The molecule has 0 amide bonds. The molecule has 0 radical (unpaired) electrons. The Labute approximate surface area is 182 Å². The zero-order valence-electron chi connectivity index (χ0n) is 19.1. The van der Waals surface area contributed by atoms with Gasteiger partial charge in [0.05, 0.1) is 12.3 Å². The number of fused-ring (bicyclic) bond motifs is 5. The Morgan fingerprint density at radius 1 is 1.00 bits per heavy atom. The highest BCUT2D eigenvalue weighted by molar-refractivity contribution is 5.22. The van der Waals surface area contributed by atoms with Crippen LogP contribution in [0.4, 0.5) is 0 Å². The first-order valence-corrected chi connectivity index (χ1v) is 12.6. The Morgan fingerprint density at radius 3 is 2.63 bits per heavy atom. The molecular weight excluding hydrogens is 370 g/mol. The first kappa shape index (κ1) is 20.9. The molecular formula is C26H41N3O. The maximum atomic E-state index is 6.21. The van der Waals surface area contributed by atoms with E-state index in [2.05, 4.69) is 30.1 Å². The van der Waals surface area contributed by atoms with E-state index < -0.39 is 0 Å². The number of nitrogens with zero attached hydrogens (tertiary/aromatic N) is 2. The quantitative estimate of drug-likeness (QED) is 0.665. The summed E-state index contributed by atoms with van der Waals surface area (Å²) >= 11 is 0. The average molecular weight is 412 g/mol. The van der Waals surface area contributed by atoms with Crippen molar-refractivity contribution >= 4 is 0 Å². The van der Waals surface area contributed by atoms with E-state index in [1.54, 1.807) is 0 Å². The molecule has 4 fully saturated rings. The molecule has 4 nitrogen and oxygen atoms in total. The van der Waals surface area contributed by atoms with Crippen LogP contribution < -0.4 is 5.73 Å². The topological polar surface area (TPSA) is 61.0 Å². The van der Waals surface area contributed by atoms with Gasteiger partial charge in [0, 0.05) is 12.8 Å². The molecule has 0 saturated heterocycles. The first-order valence-electron chi connectivity index (χ1n) is 12.6. The van der Waals surface area contributed by atoms with E-state index in [0.29, 0.717) is 22.9 Å². The highest BCUT2D eigenvalue weighted by Gasteiger charge is 2.60. The van der Waals surface area contributed by atoms with Gasteiger partial charge in [-0.15, -0.1) is 0 Å².